The SMILES string of the molecule is COc1c(C)cccc1C(=O)NC(=S)Nc1cccc(NC(=O)c2ccccc2Cl)c1. The zero-order valence-electron chi connectivity index (χ0n) is 16.9. The van der Waals surface area contributed by atoms with Crippen LogP contribution >= 0.6 is 23.8 Å². The van der Waals surface area contributed by atoms with Crippen LogP contribution in [-0.4, -0.2) is 24.0 Å². The molecule has 0 saturated carbocycles. The van der Waals surface area contributed by atoms with Crippen LogP contribution in [0.5, 0.6) is 5.75 Å². The Hall–Kier alpha value is -3.42. The Labute approximate surface area is 190 Å². The van der Waals surface area contributed by atoms with E-state index < -0.39 is 0 Å². The molecule has 158 valence electrons. The average Bonchev–Trinajstić information content (AvgIpc) is 2.73. The van der Waals surface area contributed by atoms with Crippen molar-refractivity contribution in [3.63, 3.8) is 0 Å². The fourth-order valence-electron chi connectivity index (χ4n) is 2.95. The molecular weight excluding hydrogens is 434 g/mol. The molecule has 3 N–H and O–H groups in total. The molecule has 0 aromatic heterocycles. The quantitative estimate of drug-likeness (QED) is 0.472. The van der Waals surface area contributed by atoms with E-state index in [2.05, 4.69) is 16.0 Å². The van der Waals surface area contributed by atoms with E-state index in [1.165, 1.54) is 7.11 Å². The third kappa shape index (κ3) is 5.59. The molecule has 0 unspecified atom stereocenters. The lowest BCUT2D eigenvalue weighted by Gasteiger charge is -2.14. The summed E-state index contributed by atoms with van der Waals surface area (Å²) in [5.74, 6) is -0.224. The number of hydrogen-bond donors (Lipinski definition) is 3. The summed E-state index contributed by atoms with van der Waals surface area (Å²) in [6, 6.07) is 19.0. The molecule has 0 saturated heterocycles. The minimum Gasteiger partial charge on any atom is -0.496 e. The van der Waals surface area contributed by atoms with E-state index in [4.69, 9.17) is 28.6 Å². The van der Waals surface area contributed by atoms with E-state index >= 15 is 0 Å². The number of rotatable bonds is 5. The summed E-state index contributed by atoms with van der Waals surface area (Å²) in [6.45, 7) is 1.86. The predicted molar refractivity (Wildman–Crippen MR) is 127 cm³/mol. The van der Waals surface area contributed by atoms with Crippen molar-refractivity contribution in [3.05, 3.63) is 88.4 Å². The van der Waals surface area contributed by atoms with Crippen LogP contribution in [0.4, 0.5) is 11.4 Å². The van der Waals surface area contributed by atoms with Crippen molar-refractivity contribution >= 4 is 52.1 Å². The van der Waals surface area contributed by atoms with E-state index in [1.54, 1.807) is 60.7 Å². The Morgan fingerprint density at radius 3 is 2.23 bits per heavy atom. The number of hydrogen-bond acceptors (Lipinski definition) is 4. The van der Waals surface area contributed by atoms with Crippen LogP contribution in [0.2, 0.25) is 5.02 Å². The second-order valence-electron chi connectivity index (χ2n) is 6.58. The van der Waals surface area contributed by atoms with E-state index in [9.17, 15) is 9.59 Å². The summed E-state index contributed by atoms with van der Waals surface area (Å²) >= 11 is 11.3. The number of anilines is 2. The molecule has 0 radical (unpaired) electrons. The predicted octanol–water partition coefficient (Wildman–Crippen LogP) is 5.04. The van der Waals surface area contributed by atoms with Gasteiger partial charge in [-0.25, -0.2) is 0 Å². The molecule has 0 aliphatic carbocycles. The van der Waals surface area contributed by atoms with Crippen LogP contribution in [0.1, 0.15) is 26.3 Å². The highest BCUT2D eigenvalue weighted by molar-refractivity contribution is 7.80. The van der Waals surface area contributed by atoms with E-state index in [1.807, 2.05) is 13.0 Å². The summed E-state index contributed by atoms with van der Waals surface area (Å²) in [6.07, 6.45) is 0. The number of amides is 2. The van der Waals surface area contributed by atoms with Crippen molar-refractivity contribution in [2.24, 2.45) is 0 Å². The largest absolute Gasteiger partial charge is 0.496 e. The number of thiocarbonyl (C=S) groups is 1. The third-order valence-electron chi connectivity index (χ3n) is 4.38. The lowest BCUT2D eigenvalue weighted by Crippen LogP contribution is -2.34. The van der Waals surface area contributed by atoms with Crippen LogP contribution < -0.4 is 20.7 Å². The first-order valence-corrected chi connectivity index (χ1v) is 10.1. The number of para-hydroxylation sites is 1. The van der Waals surface area contributed by atoms with Gasteiger partial charge in [-0.05, 0) is 61.1 Å². The Balaban J connectivity index is 1.66. The molecule has 0 aliphatic heterocycles. The molecule has 31 heavy (non-hydrogen) atoms. The minimum absolute atomic E-state index is 0.114. The molecule has 0 fully saturated rings. The van der Waals surface area contributed by atoms with Crippen molar-refractivity contribution < 1.29 is 14.3 Å². The highest BCUT2D eigenvalue weighted by atomic mass is 35.5. The second-order valence-corrected chi connectivity index (χ2v) is 7.39. The highest BCUT2D eigenvalue weighted by Crippen LogP contribution is 2.23. The number of carbonyl (C=O) groups is 2. The molecule has 0 atom stereocenters. The average molecular weight is 454 g/mol. The molecule has 6 nitrogen and oxygen atoms in total. The van der Waals surface area contributed by atoms with E-state index in [0.29, 0.717) is 33.3 Å². The van der Waals surface area contributed by atoms with Gasteiger partial charge in [-0.1, -0.05) is 41.9 Å². The minimum atomic E-state index is -0.388. The van der Waals surface area contributed by atoms with Crippen molar-refractivity contribution in [2.45, 2.75) is 6.92 Å². The van der Waals surface area contributed by atoms with Crippen molar-refractivity contribution in [1.29, 1.82) is 0 Å². The summed E-state index contributed by atoms with van der Waals surface area (Å²) in [4.78, 5) is 25.0. The van der Waals surface area contributed by atoms with Crippen LogP contribution in [0.15, 0.2) is 66.7 Å². The third-order valence-corrected chi connectivity index (χ3v) is 4.92. The first-order chi connectivity index (χ1) is 14.9. The molecular formula is C23H20ClN3O3S. The Kier molecular flexibility index (Phi) is 7.23. The fraction of sp³-hybridized carbons (Fsp3) is 0.0870. The summed E-state index contributed by atoms with van der Waals surface area (Å²) in [5, 5.41) is 8.85. The van der Waals surface area contributed by atoms with Gasteiger partial charge in [-0.2, -0.15) is 0 Å². The summed E-state index contributed by atoms with van der Waals surface area (Å²) in [5.41, 5.74) is 2.74. The van der Waals surface area contributed by atoms with Gasteiger partial charge in [0.1, 0.15) is 5.75 Å². The standard InChI is InChI=1S/C23H20ClN3O3S/c1-14-7-5-11-18(20(14)30-2)22(29)27-23(31)26-16-9-6-8-15(13-16)25-21(28)17-10-3-4-12-19(17)24/h3-13H,1-2H3,(H,25,28)(H2,26,27,29,31). The maximum atomic E-state index is 12.6. The van der Waals surface area contributed by atoms with Gasteiger partial charge in [0.2, 0.25) is 0 Å². The Bertz CT molecular complexity index is 1150. The Morgan fingerprint density at radius 2 is 1.52 bits per heavy atom. The van der Waals surface area contributed by atoms with Gasteiger partial charge in [-0.15, -0.1) is 0 Å². The number of carbonyl (C=O) groups excluding carboxylic acids is 2. The first kappa shape index (κ1) is 22.3. The van der Waals surface area contributed by atoms with Gasteiger partial charge in [0, 0.05) is 11.4 Å². The van der Waals surface area contributed by atoms with E-state index in [0.717, 1.165) is 5.56 Å². The zero-order chi connectivity index (χ0) is 22.4. The number of nitrogens with one attached hydrogen (secondary N) is 3. The first-order valence-electron chi connectivity index (χ1n) is 9.31. The van der Waals surface area contributed by atoms with Crippen LogP contribution in [0.25, 0.3) is 0 Å². The number of aryl methyl sites for hydroxylation is 1. The van der Waals surface area contributed by atoms with Gasteiger partial charge in [0.25, 0.3) is 11.8 Å². The zero-order valence-corrected chi connectivity index (χ0v) is 18.4. The van der Waals surface area contributed by atoms with Crippen molar-refractivity contribution in [1.82, 2.24) is 5.32 Å². The number of ether oxygens (including phenoxy) is 1. The molecule has 0 bridgehead atoms. The van der Waals surface area contributed by atoms with E-state index in [-0.39, 0.29) is 16.9 Å². The van der Waals surface area contributed by atoms with Crippen molar-refractivity contribution in [3.8, 4) is 5.75 Å². The summed E-state index contributed by atoms with van der Waals surface area (Å²) < 4.78 is 5.32. The van der Waals surface area contributed by atoms with Crippen LogP contribution in [0, 0.1) is 6.92 Å². The fourth-order valence-corrected chi connectivity index (χ4v) is 3.39. The van der Waals surface area contributed by atoms with Gasteiger partial charge in [-0.3, -0.25) is 14.9 Å². The number of methoxy groups -OCH3 is 1. The lowest BCUT2D eigenvalue weighted by molar-refractivity contribution is 0.0973. The molecule has 3 aromatic rings. The molecule has 3 aromatic carbocycles. The van der Waals surface area contributed by atoms with Gasteiger partial charge < -0.3 is 15.4 Å². The van der Waals surface area contributed by atoms with Crippen molar-refractivity contribution in [2.75, 3.05) is 17.7 Å². The topological polar surface area (TPSA) is 79.5 Å². The molecule has 8 heteroatoms. The second kappa shape index (κ2) is 10.1. The van der Waals surface area contributed by atoms with Gasteiger partial charge in [0.15, 0.2) is 5.11 Å². The molecule has 3 rings (SSSR count). The smallest absolute Gasteiger partial charge is 0.261 e. The maximum Gasteiger partial charge on any atom is 0.261 e. The van der Waals surface area contributed by atoms with Gasteiger partial charge >= 0.3 is 0 Å². The highest BCUT2D eigenvalue weighted by Gasteiger charge is 2.15. The summed E-state index contributed by atoms with van der Waals surface area (Å²) in [7, 11) is 1.51. The monoisotopic (exact) mass is 453 g/mol. The lowest BCUT2D eigenvalue weighted by atomic mass is 10.1. The van der Waals surface area contributed by atoms with Crippen LogP contribution in [0.3, 0.4) is 0 Å². The molecule has 0 heterocycles. The number of benzene rings is 3. The maximum absolute atomic E-state index is 12.6. The van der Waals surface area contributed by atoms with Gasteiger partial charge in [0.05, 0.1) is 23.3 Å². The molecule has 0 aliphatic rings. The Morgan fingerprint density at radius 1 is 0.871 bits per heavy atom. The molecule has 0 spiro atoms. The molecule has 2 amide bonds. The normalized spacial score (nSPS) is 10.2. The number of halogens is 1. The van der Waals surface area contributed by atoms with Crippen LogP contribution in [-0.2, 0) is 0 Å².